The lowest BCUT2D eigenvalue weighted by Gasteiger charge is -2.14. The molecule has 0 radical (unpaired) electrons. The Morgan fingerprint density at radius 1 is 0.783 bits per heavy atom. The fourth-order valence-electron chi connectivity index (χ4n) is 4.27. The van der Waals surface area contributed by atoms with E-state index in [1.54, 1.807) is 42.5 Å². The van der Waals surface area contributed by atoms with Crippen molar-refractivity contribution in [3.05, 3.63) is 120 Å². The summed E-state index contributed by atoms with van der Waals surface area (Å²) in [5.41, 5.74) is 2.37. The summed E-state index contributed by atoms with van der Waals surface area (Å²) < 4.78 is 11.4. The molecular weight excluding hydrogens is 598 g/mol. The van der Waals surface area contributed by atoms with Gasteiger partial charge < -0.3 is 25.4 Å². The Balaban J connectivity index is 1.40. The molecule has 0 bridgehead atoms. The second-order valence-electron chi connectivity index (χ2n) is 10.3. The number of benzene rings is 4. The SMILES string of the molecule is CCCCOc1ccc(NC(=O)C(C)Sc2ccc(NC(=O)/C(=C/c3ccccc3OCC)NC(=O)c3ccccc3)cc2)cc1. The van der Waals surface area contributed by atoms with Crippen LogP contribution in [-0.2, 0) is 9.59 Å². The zero-order chi connectivity index (χ0) is 32.7. The molecule has 4 aromatic carbocycles. The van der Waals surface area contributed by atoms with E-state index in [0.29, 0.717) is 41.5 Å². The number of anilines is 2. The molecule has 46 heavy (non-hydrogen) atoms. The van der Waals surface area contributed by atoms with Crippen molar-refractivity contribution >= 4 is 46.9 Å². The van der Waals surface area contributed by atoms with Gasteiger partial charge in [0, 0.05) is 27.4 Å². The second kappa shape index (κ2) is 17.5. The molecule has 0 spiro atoms. The smallest absolute Gasteiger partial charge is 0.272 e. The summed E-state index contributed by atoms with van der Waals surface area (Å²) in [7, 11) is 0. The quantitative estimate of drug-likeness (QED) is 0.0698. The molecule has 0 aromatic heterocycles. The monoisotopic (exact) mass is 637 g/mol. The number of thioether (sulfide) groups is 1. The van der Waals surface area contributed by atoms with Gasteiger partial charge in [-0.1, -0.05) is 49.7 Å². The van der Waals surface area contributed by atoms with Crippen LogP contribution in [0.2, 0.25) is 0 Å². The van der Waals surface area contributed by atoms with E-state index in [9.17, 15) is 14.4 Å². The molecule has 4 rings (SSSR count). The maximum Gasteiger partial charge on any atom is 0.272 e. The lowest BCUT2D eigenvalue weighted by Crippen LogP contribution is -2.30. The summed E-state index contributed by atoms with van der Waals surface area (Å²) in [6.07, 6.45) is 3.66. The second-order valence-corrected chi connectivity index (χ2v) is 11.7. The molecule has 0 fully saturated rings. The molecule has 0 saturated heterocycles. The van der Waals surface area contributed by atoms with Gasteiger partial charge in [-0.05, 0) is 93.1 Å². The van der Waals surface area contributed by atoms with Gasteiger partial charge in [0.15, 0.2) is 0 Å². The van der Waals surface area contributed by atoms with Crippen LogP contribution in [-0.4, -0.2) is 36.2 Å². The Morgan fingerprint density at radius 2 is 1.43 bits per heavy atom. The highest BCUT2D eigenvalue weighted by molar-refractivity contribution is 8.00. The number of amides is 3. The zero-order valence-corrected chi connectivity index (χ0v) is 27.1. The fourth-order valence-corrected chi connectivity index (χ4v) is 5.14. The highest BCUT2D eigenvalue weighted by Gasteiger charge is 2.18. The predicted octanol–water partition coefficient (Wildman–Crippen LogP) is 7.79. The van der Waals surface area contributed by atoms with Gasteiger partial charge in [-0.3, -0.25) is 14.4 Å². The van der Waals surface area contributed by atoms with Crippen molar-refractivity contribution in [2.45, 2.75) is 43.8 Å². The Morgan fingerprint density at radius 3 is 2.13 bits per heavy atom. The van der Waals surface area contributed by atoms with Crippen LogP contribution in [0.4, 0.5) is 11.4 Å². The highest BCUT2D eigenvalue weighted by atomic mass is 32.2. The van der Waals surface area contributed by atoms with Crippen LogP contribution in [0.15, 0.2) is 114 Å². The largest absolute Gasteiger partial charge is 0.494 e. The number of ether oxygens (including phenoxy) is 2. The normalized spacial score (nSPS) is 11.7. The molecule has 8 nitrogen and oxygen atoms in total. The van der Waals surface area contributed by atoms with E-state index < -0.39 is 11.8 Å². The minimum atomic E-state index is -0.495. The van der Waals surface area contributed by atoms with Crippen molar-refractivity contribution in [2.75, 3.05) is 23.8 Å². The van der Waals surface area contributed by atoms with E-state index in [4.69, 9.17) is 9.47 Å². The summed E-state index contributed by atoms with van der Waals surface area (Å²) in [6.45, 7) is 6.96. The summed E-state index contributed by atoms with van der Waals surface area (Å²) in [6, 6.07) is 30.5. The third-order valence-corrected chi connectivity index (χ3v) is 7.84. The first-order valence-electron chi connectivity index (χ1n) is 15.3. The number of unbranched alkanes of at least 4 members (excludes halogenated alkanes) is 1. The molecule has 4 aromatic rings. The van der Waals surface area contributed by atoms with Crippen LogP contribution >= 0.6 is 11.8 Å². The van der Waals surface area contributed by atoms with Gasteiger partial charge in [-0.25, -0.2) is 0 Å². The third-order valence-electron chi connectivity index (χ3n) is 6.73. The van der Waals surface area contributed by atoms with Gasteiger partial charge >= 0.3 is 0 Å². The Kier molecular flexibility index (Phi) is 12.9. The number of hydrogen-bond acceptors (Lipinski definition) is 6. The zero-order valence-electron chi connectivity index (χ0n) is 26.2. The van der Waals surface area contributed by atoms with Gasteiger partial charge in [0.2, 0.25) is 5.91 Å². The molecule has 3 N–H and O–H groups in total. The molecule has 1 atom stereocenters. The molecule has 0 aliphatic heterocycles. The van der Waals surface area contributed by atoms with Crippen LogP contribution in [0.25, 0.3) is 6.08 Å². The average Bonchev–Trinajstić information content (AvgIpc) is 3.07. The van der Waals surface area contributed by atoms with E-state index in [1.807, 2.05) is 80.6 Å². The Hall–Kier alpha value is -5.02. The van der Waals surface area contributed by atoms with Crippen molar-refractivity contribution in [2.24, 2.45) is 0 Å². The minimum Gasteiger partial charge on any atom is -0.494 e. The van der Waals surface area contributed by atoms with Crippen LogP contribution in [0.1, 0.15) is 49.5 Å². The van der Waals surface area contributed by atoms with Crippen LogP contribution in [0, 0.1) is 0 Å². The summed E-state index contributed by atoms with van der Waals surface area (Å²) in [5, 5.41) is 8.20. The topological polar surface area (TPSA) is 106 Å². The van der Waals surface area contributed by atoms with Crippen LogP contribution < -0.4 is 25.4 Å². The molecule has 9 heteroatoms. The van der Waals surface area contributed by atoms with Gasteiger partial charge in [-0.2, -0.15) is 0 Å². The highest BCUT2D eigenvalue weighted by Crippen LogP contribution is 2.27. The number of carbonyl (C=O) groups excluding carboxylic acids is 3. The first-order valence-corrected chi connectivity index (χ1v) is 16.2. The predicted molar refractivity (Wildman–Crippen MR) is 185 cm³/mol. The van der Waals surface area contributed by atoms with Gasteiger partial charge in [-0.15, -0.1) is 11.8 Å². The lowest BCUT2D eigenvalue weighted by atomic mass is 10.1. The summed E-state index contributed by atoms with van der Waals surface area (Å²) >= 11 is 1.40. The van der Waals surface area contributed by atoms with Gasteiger partial charge in [0.25, 0.3) is 11.8 Å². The van der Waals surface area contributed by atoms with Crippen molar-refractivity contribution in [1.29, 1.82) is 0 Å². The first-order chi connectivity index (χ1) is 22.4. The lowest BCUT2D eigenvalue weighted by molar-refractivity contribution is -0.115. The summed E-state index contributed by atoms with van der Waals surface area (Å²) in [4.78, 5) is 40.2. The van der Waals surface area contributed by atoms with E-state index in [1.165, 1.54) is 11.8 Å². The molecule has 1 unspecified atom stereocenters. The average molecular weight is 638 g/mol. The molecule has 0 saturated carbocycles. The third kappa shape index (κ3) is 10.3. The van der Waals surface area contributed by atoms with Crippen molar-refractivity contribution in [3.8, 4) is 11.5 Å². The van der Waals surface area contributed by atoms with Crippen LogP contribution in [0.3, 0.4) is 0 Å². The Bertz CT molecular complexity index is 1620. The van der Waals surface area contributed by atoms with E-state index >= 15 is 0 Å². The molecule has 238 valence electrons. The van der Waals surface area contributed by atoms with Crippen molar-refractivity contribution in [1.82, 2.24) is 5.32 Å². The molecular formula is C37H39N3O5S. The van der Waals surface area contributed by atoms with E-state index in [0.717, 1.165) is 23.5 Å². The minimum absolute atomic E-state index is 0.0605. The van der Waals surface area contributed by atoms with Gasteiger partial charge in [0.05, 0.1) is 18.5 Å². The van der Waals surface area contributed by atoms with Crippen molar-refractivity contribution < 1.29 is 23.9 Å². The maximum atomic E-state index is 13.5. The molecule has 0 heterocycles. The maximum absolute atomic E-state index is 13.5. The molecule has 0 aliphatic rings. The molecule has 0 aliphatic carbocycles. The number of carbonyl (C=O) groups is 3. The number of para-hydroxylation sites is 1. The summed E-state index contributed by atoms with van der Waals surface area (Å²) in [5.74, 6) is 0.338. The van der Waals surface area contributed by atoms with Crippen molar-refractivity contribution in [3.63, 3.8) is 0 Å². The Labute approximate surface area is 274 Å². The fraction of sp³-hybridized carbons (Fsp3) is 0.216. The molecule has 3 amide bonds. The number of hydrogen-bond donors (Lipinski definition) is 3. The number of rotatable bonds is 15. The van der Waals surface area contributed by atoms with Gasteiger partial charge in [0.1, 0.15) is 17.2 Å². The van der Waals surface area contributed by atoms with E-state index in [-0.39, 0.29) is 16.9 Å². The van der Waals surface area contributed by atoms with E-state index in [2.05, 4.69) is 22.9 Å². The number of nitrogens with one attached hydrogen (secondary N) is 3. The first kappa shape index (κ1) is 33.9. The standard InChI is InChI=1S/C37H39N3O5S/c1-4-6-24-45-31-20-16-29(17-21-31)38-35(41)26(3)46-32-22-18-30(19-23-32)39-37(43)33(40-36(42)27-12-8-7-9-13-27)25-28-14-10-11-15-34(28)44-5-2/h7-23,25-26H,4-6,24H2,1-3H3,(H,38,41)(H,39,43)(H,40,42)/b33-25-. The van der Waals surface area contributed by atoms with Crippen LogP contribution in [0.5, 0.6) is 11.5 Å².